The van der Waals surface area contributed by atoms with E-state index in [1.54, 1.807) is 7.11 Å². The molecular formula is C18H32N4O. The summed E-state index contributed by atoms with van der Waals surface area (Å²) >= 11 is 0. The van der Waals surface area contributed by atoms with Gasteiger partial charge in [-0.05, 0) is 51.2 Å². The molecule has 0 spiro atoms. The van der Waals surface area contributed by atoms with Gasteiger partial charge in [-0.3, -0.25) is 4.90 Å². The topological polar surface area (TPSA) is 33.5 Å². The van der Waals surface area contributed by atoms with Crippen molar-refractivity contribution in [2.24, 2.45) is 5.92 Å². The molecule has 2 fully saturated rings. The van der Waals surface area contributed by atoms with Gasteiger partial charge in [-0.25, -0.2) is 4.98 Å². The van der Waals surface area contributed by atoms with E-state index in [4.69, 9.17) is 4.74 Å². The number of aromatic nitrogens is 2. The molecular weight excluding hydrogens is 288 g/mol. The summed E-state index contributed by atoms with van der Waals surface area (Å²) in [6, 6.07) is 0. The minimum Gasteiger partial charge on any atom is -0.383 e. The number of rotatable bonds is 7. The lowest BCUT2D eigenvalue weighted by molar-refractivity contribution is 0.114. The molecule has 1 unspecified atom stereocenters. The Kier molecular flexibility index (Phi) is 6.48. The molecule has 2 saturated heterocycles. The van der Waals surface area contributed by atoms with E-state index >= 15 is 0 Å². The molecule has 5 heteroatoms. The summed E-state index contributed by atoms with van der Waals surface area (Å²) in [5, 5.41) is 0. The maximum absolute atomic E-state index is 5.19. The van der Waals surface area contributed by atoms with Crippen LogP contribution in [-0.4, -0.2) is 65.8 Å². The summed E-state index contributed by atoms with van der Waals surface area (Å²) < 4.78 is 7.43. The lowest BCUT2D eigenvalue weighted by Crippen LogP contribution is -2.42. The van der Waals surface area contributed by atoms with Crippen molar-refractivity contribution in [2.45, 2.75) is 45.2 Å². The highest BCUT2D eigenvalue weighted by molar-refractivity contribution is 4.93. The highest BCUT2D eigenvalue weighted by Crippen LogP contribution is 2.21. The fraction of sp³-hybridized carbons (Fsp3) is 0.833. The Morgan fingerprint density at radius 3 is 2.78 bits per heavy atom. The van der Waals surface area contributed by atoms with E-state index in [9.17, 15) is 0 Å². The zero-order valence-electron chi connectivity index (χ0n) is 14.6. The number of piperidine rings is 2. The first kappa shape index (κ1) is 16.9. The van der Waals surface area contributed by atoms with Gasteiger partial charge in [0.15, 0.2) is 0 Å². The second-order valence-electron chi connectivity index (χ2n) is 7.13. The van der Waals surface area contributed by atoms with Crippen LogP contribution in [0.15, 0.2) is 12.4 Å². The van der Waals surface area contributed by atoms with Crippen molar-refractivity contribution in [1.82, 2.24) is 19.4 Å². The zero-order chi connectivity index (χ0) is 15.9. The maximum atomic E-state index is 5.19. The van der Waals surface area contributed by atoms with Crippen molar-refractivity contribution in [1.29, 1.82) is 0 Å². The van der Waals surface area contributed by atoms with Crippen molar-refractivity contribution >= 4 is 0 Å². The van der Waals surface area contributed by atoms with Crippen LogP contribution in [0.1, 0.15) is 37.9 Å². The number of methoxy groups -OCH3 is 1. The molecule has 0 aliphatic carbocycles. The predicted octanol–water partition coefficient (Wildman–Crippen LogP) is 2.23. The number of hydrogen-bond donors (Lipinski definition) is 0. The van der Waals surface area contributed by atoms with E-state index in [0.717, 1.165) is 25.6 Å². The van der Waals surface area contributed by atoms with Crippen LogP contribution in [0.25, 0.3) is 0 Å². The summed E-state index contributed by atoms with van der Waals surface area (Å²) in [6.07, 6.45) is 10.9. The molecule has 1 aromatic rings. The Morgan fingerprint density at radius 1 is 1.13 bits per heavy atom. The summed E-state index contributed by atoms with van der Waals surface area (Å²) in [7, 11) is 1.76. The van der Waals surface area contributed by atoms with Gasteiger partial charge in [-0.1, -0.05) is 6.42 Å². The summed E-state index contributed by atoms with van der Waals surface area (Å²) in [4.78, 5) is 9.85. The van der Waals surface area contributed by atoms with Crippen molar-refractivity contribution in [3.05, 3.63) is 18.2 Å². The number of likely N-dealkylation sites (tertiary alicyclic amines) is 2. The van der Waals surface area contributed by atoms with E-state index < -0.39 is 0 Å². The molecule has 2 aliphatic heterocycles. The fourth-order valence-electron chi connectivity index (χ4n) is 4.04. The summed E-state index contributed by atoms with van der Waals surface area (Å²) in [6.45, 7) is 9.01. The van der Waals surface area contributed by atoms with Crippen molar-refractivity contribution < 1.29 is 4.74 Å². The lowest BCUT2D eigenvalue weighted by Gasteiger charge is -2.36. The molecule has 3 rings (SSSR count). The molecule has 0 saturated carbocycles. The van der Waals surface area contributed by atoms with Gasteiger partial charge in [0, 0.05) is 39.1 Å². The summed E-state index contributed by atoms with van der Waals surface area (Å²) in [5.41, 5.74) is 0. The first-order valence-corrected chi connectivity index (χ1v) is 9.29. The third-order valence-electron chi connectivity index (χ3n) is 5.27. The van der Waals surface area contributed by atoms with Crippen LogP contribution >= 0.6 is 0 Å². The Balaban J connectivity index is 1.49. The Labute approximate surface area is 140 Å². The lowest BCUT2D eigenvalue weighted by atomic mass is 9.96. The number of imidazole rings is 1. The third-order valence-corrected chi connectivity index (χ3v) is 5.27. The molecule has 130 valence electrons. The molecule has 1 atom stereocenters. The molecule has 5 nitrogen and oxygen atoms in total. The monoisotopic (exact) mass is 320 g/mol. The van der Waals surface area contributed by atoms with Crippen LogP contribution in [0.5, 0.6) is 0 Å². The number of hydrogen-bond acceptors (Lipinski definition) is 4. The average Bonchev–Trinajstić information content (AvgIpc) is 3.01. The van der Waals surface area contributed by atoms with Gasteiger partial charge >= 0.3 is 0 Å². The molecule has 2 aliphatic rings. The van der Waals surface area contributed by atoms with Gasteiger partial charge in [0.25, 0.3) is 0 Å². The van der Waals surface area contributed by atoms with E-state index in [0.29, 0.717) is 0 Å². The van der Waals surface area contributed by atoms with Crippen LogP contribution in [0.4, 0.5) is 0 Å². The van der Waals surface area contributed by atoms with Crippen LogP contribution in [0.2, 0.25) is 0 Å². The van der Waals surface area contributed by atoms with Crippen LogP contribution < -0.4 is 0 Å². The normalized spacial score (nSPS) is 24.1. The van der Waals surface area contributed by atoms with Crippen LogP contribution in [-0.2, 0) is 17.8 Å². The van der Waals surface area contributed by atoms with Crippen LogP contribution in [0, 0.1) is 5.92 Å². The molecule has 23 heavy (non-hydrogen) atoms. The van der Waals surface area contributed by atoms with E-state index in [-0.39, 0.29) is 0 Å². The molecule has 1 aromatic heterocycles. The molecule has 0 amide bonds. The molecule has 0 N–H and O–H groups in total. The SMILES string of the molecule is COCCn1ccnc1CN1CCCC(CN2CCCCC2)C1. The zero-order valence-corrected chi connectivity index (χ0v) is 14.6. The number of ether oxygens (including phenoxy) is 1. The first-order chi connectivity index (χ1) is 11.3. The standard InChI is InChI=1S/C18H32N4O/c1-23-13-12-22-11-7-19-18(22)16-21-10-5-6-17(15-21)14-20-8-3-2-4-9-20/h7,11,17H,2-6,8-10,12-16H2,1H3. The smallest absolute Gasteiger partial charge is 0.122 e. The van der Waals surface area contributed by atoms with E-state index in [2.05, 4.69) is 25.5 Å². The van der Waals surface area contributed by atoms with Crippen molar-refractivity contribution in [3.63, 3.8) is 0 Å². The molecule has 3 heterocycles. The predicted molar refractivity (Wildman–Crippen MR) is 92.4 cm³/mol. The van der Waals surface area contributed by atoms with Gasteiger partial charge in [-0.2, -0.15) is 0 Å². The second-order valence-corrected chi connectivity index (χ2v) is 7.13. The van der Waals surface area contributed by atoms with Gasteiger partial charge in [-0.15, -0.1) is 0 Å². The van der Waals surface area contributed by atoms with Gasteiger partial charge in [0.1, 0.15) is 5.82 Å². The molecule has 0 bridgehead atoms. The van der Waals surface area contributed by atoms with E-state index in [1.165, 1.54) is 70.7 Å². The largest absolute Gasteiger partial charge is 0.383 e. The quantitative estimate of drug-likeness (QED) is 0.771. The third kappa shape index (κ3) is 5.03. The highest BCUT2D eigenvalue weighted by Gasteiger charge is 2.23. The highest BCUT2D eigenvalue weighted by atomic mass is 16.5. The first-order valence-electron chi connectivity index (χ1n) is 9.29. The molecule has 0 aromatic carbocycles. The van der Waals surface area contributed by atoms with Gasteiger partial charge in [0.05, 0.1) is 13.2 Å². The minimum atomic E-state index is 0.751. The molecule has 0 radical (unpaired) electrons. The van der Waals surface area contributed by atoms with Gasteiger partial charge in [0.2, 0.25) is 0 Å². The van der Waals surface area contributed by atoms with Crippen molar-refractivity contribution in [3.8, 4) is 0 Å². The fourth-order valence-corrected chi connectivity index (χ4v) is 4.04. The number of nitrogens with zero attached hydrogens (tertiary/aromatic N) is 4. The average molecular weight is 320 g/mol. The Hall–Kier alpha value is -0.910. The van der Waals surface area contributed by atoms with Crippen LogP contribution in [0.3, 0.4) is 0 Å². The van der Waals surface area contributed by atoms with Gasteiger partial charge < -0.3 is 14.2 Å². The maximum Gasteiger partial charge on any atom is 0.122 e. The van der Waals surface area contributed by atoms with E-state index in [1.807, 2.05) is 6.20 Å². The van der Waals surface area contributed by atoms with Crippen molar-refractivity contribution in [2.75, 3.05) is 46.4 Å². The Morgan fingerprint density at radius 2 is 1.96 bits per heavy atom. The minimum absolute atomic E-state index is 0.751. The second kappa shape index (κ2) is 8.81. The Bertz CT molecular complexity index is 456. The summed E-state index contributed by atoms with van der Waals surface area (Å²) in [5.74, 6) is 2.02.